The molecule has 0 unspecified atom stereocenters. The van der Waals surface area contributed by atoms with Crippen LogP contribution in [0, 0.1) is 11.3 Å². The Morgan fingerprint density at radius 2 is 2.50 bits per heavy atom. The maximum absolute atomic E-state index is 8.12. The van der Waals surface area contributed by atoms with Crippen LogP contribution in [0.2, 0.25) is 4.47 Å². The van der Waals surface area contributed by atoms with Crippen LogP contribution in [-0.2, 0) is 0 Å². The van der Waals surface area contributed by atoms with Crippen molar-refractivity contribution in [2.75, 3.05) is 0 Å². The maximum atomic E-state index is 8.12. The van der Waals surface area contributed by atoms with Crippen LogP contribution in [0.1, 0.15) is 5.82 Å². The second-order valence-electron chi connectivity index (χ2n) is 0.983. The highest BCUT2D eigenvalue weighted by Gasteiger charge is 1.96. The Morgan fingerprint density at radius 1 is 1.75 bits per heavy atom. The second-order valence-corrected chi connectivity index (χ2v) is 2.32. The van der Waals surface area contributed by atoms with Gasteiger partial charge in [0.05, 0.1) is 0 Å². The topological polar surface area (TPSA) is 49.6 Å². The van der Waals surface area contributed by atoms with E-state index >= 15 is 0 Å². The first-order valence-electron chi connectivity index (χ1n) is 1.72. The number of aromatic nitrogens is 2. The molecule has 0 fully saturated rings. The molecular formula is C3ClN3S. The molecule has 1 aromatic heterocycles. The van der Waals surface area contributed by atoms with Gasteiger partial charge in [-0.2, -0.15) is 14.6 Å². The van der Waals surface area contributed by atoms with E-state index in [1.807, 2.05) is 0 Å². The van der Waals surface area contributed by atoms with Crippen LogP contribution in [-0.4, -0.2) is 9.36 Å². The van der Waals surface area contributed by atoms with Gasteiger partial charge in [-0.25, -0.2) is 0 Å². The Kier molecular flexibility index (Phi) is 1.42. The fourth-order valence-electron chi connectivity index (χ4n) is 0.250. The first kappa shape index (κ1) is 5.48. The number of nitrogens with zero attached hydrogens (tertiary/aromatic N) is 3. The summed E-state index contributed by atoms with van der Waals surface area (Å²) in [6.45, 7) is 0. The van der Waals surface area contributed by atoms with Crippen LogP contribution in [0.3, 0.4) is 0 Å². The molecule has 0 saturated carbocycles. The van der Waals surface area contributed by atoms with E-state index in [0.29, 0.717) is 4.47 Å². The standard InChI is InChI=1S/C3ClN3S/c4-3-6-2(1-5)7-8-3. The number of halogens is 1. The Morgan fingerprint density at radius 3 is 2.75 bits per heavy atom. The lowest BCUT2D eigenvalue weighted by atomic mass is 10.7. The van der Waals surface area contributed by atoms with Gasteiger partial charge in [0, 0.05) is 0 Å². The predicted molar refractivity (Wildman–Crippen MR) is 29.6 cm³/mol. The summed E-state index contributed by atoms with van der Waals surface area (Å²) in [7, 11) is 0. The molecule has 40 valence electrons. The van der Waals surface area contributed by atoms with E-state index in [9.17, 15) is 0 Å². The lowest BCUT2D eigenvalue weighted by Crippen LogP contribution is -1.71. The quantitative estimate of drug-likeness (QED) is 0.549. The van der Waals surface area contributed by atoms with Gasteiger partial charge in [-0.3, -0.25) is 0 Å². The number of nitriles is 1. The summed E-state index contributed by atoms with van der Waals surface area (Å²) in [5.74, 6) is 0.139. The molecule has 1 rings (SSSR count). The van der Waals surface area contributed by atoms with Gasteiger partial charge >= 0.3 is 0 Å². The monoisotopic (exact) mass is 145 g/mol. The largest absolute Gasteiger partial charge is 0.245 e. The van der Waals surface area contributed by atoms with Crippen molar-refractivity contribution in [3.05, 3.63) is 10.3 Å². The predicted octanol–water partition coefficient (Wildman–Crippen LogP) is 1.06. The molecule has 5 heteroatoms. The first-order valence-corrected chi connectivity index (χ1v) is 2.87. The minimum Gasteiger partial charge on any atom is -0.194 e. The molecule has 0 radical (unpaired) electrons. The van der Waals surface area contributed by atoms with Crippen LogP contribution in [0.5, 0.6) is 0 Å². The molecular weight excluding hydrogens is 146 g/mol. The van der Waals surface area contributed by atoms with E-state index in [0.717, 1.165) is 11.5 Å². The normalized spacial score (nSPS) is 8.50. The fraction of sp³-hybridized carbons (Fsp3) is 0. The van der Waals surface area contributed by atoms with E-state index in [4.69, 9.17) is 16.9 Å². The Hall–Kier alpha value is -0.660. The van der Waals surface area contributed by atoms with Crippen molar-refractivity contribution in [1.29, 1.82) is 5.26 Å². The third-order valence-electron chi connectivity index (χ3n) is 0.501. The van der Waals surface area contributed by atoms with Crippen LogP contribution in [0.25, 0.3) is 0 Å². The SMILES string of the molecule is N#Cc1nsc(Cl)n1. The molecule has 0 N–H and O–H groups in total. The highest BCUT2D eigenvalue weighted by Crippen LogP contribution is 2.08. The molecule has 0 amide bonds. The molecule has 8 heavy (non-hydrogen) atoms. The molecule has 0 aliphatic carbocycles. The third kappa shape index (κ3) is 0.941. The molecule has 3 nitrogen and oxygen atoms in total. The maximum Gasteiger partial charge on any atom is 0.245 e. The van der Waals surface area contributed by atoms with Crippen molar-refractivity contribution in [1.82, 2.24) is 9.36 Å². The molecule has 0 aliphatic heterocycles. The highest BCUT2D eigenvalue weighted by molar-refractivity contribution is 7.10. The highest BCUT2D eigenvalue weighted by atomic mass is 35.5. The van der Waals surface area contributed by atoms with Gasteiger partial charge < -0.3 is 0 Å². The van der Waals surface area contributed by atoms with Gasteiger partial charge in [0.15, 0.2) is 0 Å². The average Bonchev–Trinajstić information content (AvgIpc) is 2.14. The molecule has 0 aromatic carbocycles. The smallest absolute Gasteiger partial charge is 0.194 e. The van der Waals surface area contributed by atoms with Crippen molar-refractivity contribution in [3.63, 3.8) is 0 Å². The third-order valence-corrected chi connectivity index (χ3v) is 1.30. The second kappa shape index (κ2) is 2.07. The van der Waals surface area contributed by atoms with Crippen molar-refractivity contribution in [2.45, 2.75) is 0 Å². The average molecular weight is 146 g/mol. The van der Waals surface area contributed by atoms with Crippen LogP contribution in [0.4, 0.5) is 0 Å². The summed E-state index contributed by atoms with van der Waals surface area (Å²) in [4.78, 5) is 3.54. The molecule has 1 aromatic rings. The number of hydrogen-bond donors (Lipinski definition) is 0. The molecule has 1 heterocycles. The molecule has 0 atom stereocenters. The molecule has 0 spiro atoms. The Labute approximate surface area is 54.7 Å². The van der Waals surface area contributed by atoms with Crippen molar-refractivity contribution < 1.29 is 0 Å². The van der Waals surface area contributed by atoms with Crippen LogP contribution in [0.15, 0.2) is 0 Å². The zero-order valence-electron chi connectivity index (χ0n) is 3.63. The van der Waals surface area contributed by atoms with Crippen molar-refractivity contribution in [3.8, 4) is 6.07 Å². The molecule has 0 aliphatic rings. The Bertz CT molecular complexity index is 225. The summed E-state index contributed by atoms with van der Waals surface area (Å²) < 4.78 is 3.88. The minimum absolute atomic E-state index is 0.139. The lowest BCUT2D eigenvalue weighted by molar-refractivity contribution is 1.24. The van der Waals surface area contributed by atoms with Crippen LogP contribution >= 0.6 is 23.1 Å². The summed E-state index contributed by atoms with van der Waals surface area (Å²) >= 11 is 6.34. The fourth-order valence-corrected chi connectivity index (χ4v) is 0.805. The minimum atomic E-state index is 0.139. The van der Waals surface area contributed by atoms with Gasteiger partial charge in [-0.05, 0) is 23.1 Å². The summed E-state index contributed by atoms with van der Waals surface area (Å²) in [5, 5.41) is 8.12. The zero-order valence-corrected chi connectivity index (χ0v) is 5.20. The van der Waals surface area contributed by atoms with E-state index in [1.165, 1.54) is 0 Å². The van der Waals surface area contributed by atoms with Gasteiger partial charge in [-0.1, -0.05) is 0 Å². The number of hydrogen-bond acceptors (Lipinski definition) is 4. The van der Waals surface area contributed by atoms with E-state index in [1.54, 1.807) is 6.07 Å². The van der Waals surface area contributed by atoms with Gasteiger partial charge in [0.25, 0.3) is 0 Å². The number of rotatable bonds is 0. The van der Waals surface area contributed by atoms with Gasteiger partial charge in [-0.15, -0.1) is 0 Å². The van der Waals surface area contributed by atoms with E-state index in [2.05, 4.69) is 9.36 Å². The van der Waals surface area contributed by atoms with Crippen molar-refractivity contribution >= 4 is 23.1 Å². The lowest BCUT2D eigenvalue weighted by Gasteiger charge is -1.63. The first-order chi connectivity index (χ1) is 3.83. The molecule has 0 bridgehead atoms. The van der Waals surface area contributed by atoms with E-state index < -0.39 is 0 Å². The summed E-state index contributed by atoms with van der Waals surface area (Å²) in [6, 6.07) is 1.75. The van der Waals surface area contributed by atoms with Gasteiger partial charge in [0.1, 0.15) is 6.07 Å². The summed E-state index contributed by atoms with van der Waals surface area (Å²) in [6.07, 6.45) is 0. The summed E-state index contributed by atoms with van der Waals surface area (Å²) in [5.41, 5.74) is 0. The zero-order chi connectivity index (χ0) is 5.98. The van der Waals surface area contributed by atoms with Gasteiger partial charge in [0.2, 0.25) is 10.3 Å². The molecule has 0 saturated heterocycles. The van der Waals surface area contributed by atoms with E-state index in [-0.39, 0.29) is 5.82 Å². The van der Waals surface area contributed by atoms with Crippen molar-refractivity contribution in [2.24, 2.45) is 0 Å². The Balaban J connectivity index is 3.05. The van der Waals surface area contributed by atoms with Crippen LogP contribution < -0.4 is 0 Å².